The van der Waals surface area contributed by atoms with Crippen LogP contribution in [0.3, 0.4) is 0 Å². The molecule has 0 aliphatic heterocycles. The van der Waals surface area contributed by atoms with Gasteiger partial charge in [0.1, 0.15) is 6.04 Å². The number of carbonyl (C=O) groups excluding carboxylic acids is 1. The van der Waals surface area contributed by atoms with Crippen molar-refractivity contribution in [2.75, 3.05) is 19.1 Å². The first-order chi connectivity index (χ1) is 8.27. The van der Waals surface area contributed by atoms with Crippen molar-refractivity contribution in [3.05, 3.63) is 35.9 Å². The average molecular weight is 253 g/mol. The summed E-state index contributed by atoms with van der Waals surface area (Å²) in [5, 5.41) is 3.23. The van der Waals surface area contributed by atoms with Gasteiger partial charge in [0, 0.05) is 6.54 Å². The maximum absolute atomic E-state index is 11.5. The summed E-state index contributed by atoms with van der Waals surface area (Å²) in [4.78, 5) is 11.5. The molecule has 0 heterocycles. The first-order valence-electron chi connectivity index (χ1n) is 5.62. The Balaban J connectivity index is 2.46. The first-order valence-corrected chi connectivity index (χ1v) is 7.01. The van der Waals surface area contributed by atoms with Crippen LogP contribution in [-0.2, 0) is 16.1 Å². The van der Waals surface area contributed by atoms with Gasteiger partial charge in [-0.25, -0.2) is 0 Å². The summed E-state index contributed by atoms with van der Waals surface area (Å²) in [7, 11) is 1.43. The summed E-state index contributed by atoms with van der Waals surface area (Å²) in [6.07, 6.45) is 2.83. The molecule has 0 amide bonds. The molecule has 0 aromatic heterocycles. The summed E-state index contributed by atoms with van der Waals surface area (Å²) < 4.78 is 4.79. The topological polar surface area (TPSA) is 38.3 Å². The normalized spacial score (nSPS) is 12.1. The quantitative estimate of drug-likeness (QED) is 0.755. The fourth-order valence-corrected chi connectivity index (χ4v) is 1.99. The fraction of sp³-hybridized carbons (Fsp3) is 0.462. The molecule has 1 aromatic rings. The van der Waals surface area contributed by atoms with Gasteiger partial charge in [-0.1, -0.05) is 30.3 Å². The number of thioether (sulfide) groups is 1. The molecule has 94 valence electrons. The molecule has 0 spiro atoms. The van der Waals surface area contributed by atoms with Crippen molar-refractivity contribution in [3.63, 3.8) is 0 Å². The molecule has 0 saturated carbocycles. The van der Waals surface area contributed by atoms with Gasteiger partial charge >= 0.3 is 5.97 Å². The minimum absolute atomic E-state index is 0.185. The third kappa shape index (κ3) is 5.24. The van der Waals surface area contributed by atoms with Crippen LogP contribution in [0.4, 0.5) is 0 Å². The highest BCUT2D eigenvalue weighted by Gasteiger charge is 2.17. The van der Waals surface area contributed by atoms with Gasteiger partial charge in [-0.3, -0.25) is 4.79 Å². The average Bonchev–Trinajstić information content (AvgIpc) is 2.39. The number of ether oxygens (including phenoxy) is 1. The fourth-order valence-electron chi connectivity index (χ4n) is 1.52. The van der Waals surface area contributed by atoms with Gasteiger partial charge in [0.15, 0.2) is 0 Å². The molecule has 3 nitrogen and oxygen atoms in total. The van der Waals surface area contributed by atoms with Crippen LogP contribution in [0.5, 0.6) is 0 Å². The summed E-state index contributed by atoms with van der Waals surface area (Å²) in [6.45, 7) is 0.689. The zero-order chi connectivity index (χ0) is 12.5. The van der Waals surface area contributed by atoms with E-state index >= 15 is 0 Å². The van der Waals surface area contributed by atoms with Crippen LogP contribution in [0.25, 0.3) is 0 Å². The summed E-state index contributed by atoms with van der Waals surface area (Å²) in [6, 6.07) is 9.83. The van der Waals surface area contributed by atoms with E-state index < -0.39 is 0 Å². The molecule has 17 heavy (non-hydrogen) atoms. The Morgan fingerprint density at radius 2 is 2.12 bits per heavy atom. The van der Waals surface area contributed by atoms with Gasteiger partial charge in [0.05, 0.1) is 7.11 Å². The van der Waals surface area contributed by atoms with Gasteiger partial charge in [-0.2, -0.15) is 11.8 Å². The molecular formula is C13H19NO2S. The Kier molecular flexibility index (Phi) is 6.74. The predicted molar refractivity (Wildman–Crippen MR) is 72.1 cm³/mol. The van der Waals surface area contributed by atoms with Crippen molar-refractivity contribution in [2.24, 2.45) is 0 Å². The van der Waals surface area contributed by atoms with Crippen LogP contribution in [0.2, 0.25) is 0 Å². The summed E-state index contributed by atoms with van der Waals surface area (Å²) in [5.74, 6) is 0.761. The van der Waals surface area contributed by atoms with E-state index in [2.05, 4.69) is 5.32 Å². The van der Waals surface area contributed by atoms with Gasteiger partial charge in [0.2, 0.25) is 0 Å². The SMILES string of the molecule is COC(=O)[C@H](CCSC)NCc1ccccc1. The van der Waals surface area contributed by atoms with Crippen molar-refractivity contribution >= 4 is 17.7 Å². The molecule has 0 aliphatic carbocycles. The monoisotopic (exact) mass is 253 g/mol. The Morgan fingerprint density at radius 3 is 2.71 bits per heavy atom. The molecule has 4 heteroatoms. The van der Waals surface area contributed by atoms with Crippen molar-refractivity contribution in [1.29, 1.82) is 0 Å². The molecule has 1 N–H and O–H groups in total. The highest BCUT2D eigenvalue weighted by Crippen LogP contribution is 2.04. The molecule has 0 radical (unpaired) electrons. The maximum Gasteiger partial charge on any atom is 0.322 e. The van der Waals surface area contributed by atoms with Gasteiger partial charge < -0.3 is 10.1 Å². The Morgan fingerprint density at radius 1 is 1.41 bits per heavy atom. The van der Waals surface area contributed by atoms with Crippen LogP contribution in [0.1, 0.15) is 12.0 Å². The van der Waals surface area contributed by atoms with Crippen LogP contribution in [-0.4, -0.2) is 31.1 Å². The Bertz CT molecular complexity index is 329. The number of methoxy groups -OCH3 is 1. The van der Waals surface area contributed by atoms with E-state index in [1.807, 2.05) is 36.6 Å². The van der Waals surface area contributed by atoms with Crippen LogP contribution < -0.4 is 5.32 Å². The van der Waals surface area contributed by atoms with E-state index in [1.165, 1.54) is 12.7 Å². The summed E-state index contributed by atoms with van der Waals surface area (Å²) in [5.41, 5.74) is 1.17. The molecule has 1 atom stereocenters. The minimum atomic E-state index is -0.215. The smallest absolute Gasteiger partial charge is 0.322 e. The molecule has 0 unspecified atom stereocenters. The zero-order valence-corrected chi connectivity index (χ0v) is 11.1. The second-order valence-electron chi connectivity index (χ2n) is 3.72. The number of rotatable bonds is 7. The van der Waals surface area contributed by atoms with E-state index in [-0.39, 0.29) is 12.0 Å². The van der Waals surface area contributed by atoms with Crippen molar-refractivity contribution in [1.82, 2.24) is 5.32 Å². The first kappa shape index (κ1) is 14.1. The van der Waals surface area contributed by atoms with Gasteiger partial charge in [-0.15, -0.1) is 0 Å². The number of hydrogen-bond donors (Lipinski definition) is 1. The number of carbonyl (C=O) groups is 1. The molecule has 0 saturated heterocycles. The second kappa shape index (κ2) is 8.14. The lowest BCUT2D eigenvalue weighted by Gasteiger charge is -2.15. The largest absolute Gasteiger partial charge is 0.468 e. The lowest BCUT2D eigenvalue weighted by Crippen LogP contribution is -2.37. The predicted octanol–water partition coefficient (Wildman–Crippen LogP) is 2.07. The Labute approximate surface area is 107 Å². The van der Waals surface area contributed by atoms with Crippen LogP contribution in [0, 0.1) is 0 Å². The maximum atomic E-state index is 11.5. The van der Waals surface area contributed by atoms with E-state index in [4.69, 9.17) is 4.74 Å². The third-order valence-corrected chi connectivity index (χ3v) is 3.14. The number of hydrogen-bond acceptors (Lipinski definition) is 4. The van der Waals surface area contributed by atoms with Crippen molar-refractivity contribution in [2.45, 2.75) is 19.0 Å². The van der Waals surface area contributed by atoms with E-state index in [1.54, 1.807) is 11.8 Å². The molecule has 0 bridgehead atoms. The van der Waals surface area contributed by atoms with E-state index in [9.17, 15) is 4.79 Å². The van der Waals surface area contributed by atoms with Crippen molar-refractivity contribution < 1.29 is 9.53 Å². The molecule has 1 aromatic carbocycles. The summed E-state index contributed by atoms with van der Waals surface area (Å²) >= 11 is 1.73. The van der Waals surface area contributed by atoms with Crippen LogP contribution in [0.15, 0.2) is 30.3 Å². The third-order valence-electron chi connectivity index (χ3n) is 2.49. The molecular weight excluding hydrogens is 234 g/mol. The van der Waals surface area contributed by atoms with Gasteiger partial charge in [0.25, 0.3) is 0 Å². The lowest BCUT2D eigenvalue weighted by atomic mass is 10.2. The lowest BCUT2D eigenvalue weighted by molar-refractivity contribution is -0.143. The standard InChI is InChI=1S/C13H19NO2S/c1-16-13(15)12(8-9-17-2)14-10-11-6-4-3-5-7-11/h3-7,12,14H,8-10H2,1-2H3/t12-/m0/s1. The van der Waals surface area contributed by atoms with E-state index in [0.29, 0.717) is 6.54 Å². The van der Waals surface area contributed by atoms with Crippen molar-refractivity contribution in [3.8, 4) is 0 Å². The number of benzene rings is 1. The molecule has 0 aliphatic rings. The Hall–Kier alpha value is -1.00. The second-order valence-corrected chi connectivity index (χ2v) is 4.71. The van der Waals surface area contributed by atoms with Crippen LogP contribution >= 0.6 is 11.8 Å². The van der Waals surface area contributed by atoms with Gasteiger partial charge in [-0.05, 0) is 24.0 Å². The van der Waals surface area contributed by atoms with E-state index in [0.717, 1.165) is 12.2 Å². The number of nitrogens with one attached hydrogen (secondary N) is 1. The highest BCUT2D eigenvalue weighted by molar-refractivity contribution is 7.98. The molecule has 0 fully saturated rings. The molecule has 1 rings (SSSR count). The highest BCUT2D eigenvalue weighted by atomic mass is 32.2. The minimum Gasteiger partial charge on any atom is -0.468 e. The zero-order valence-electron chi connectivity index (χ0n) is 10.3. The number of esters is 1.